The van der Waals surface area contributed by atoms with Gasteiger partial charge in [-0.3, -0.25) is 24.5 Å². The van der Waals surface area contributed by atoms with Gasteiger partial charge in [-0.2, -0.15) is 0 Å². The van der Waals surface area contributed by atoms with Gasteiger partial charge in [0.15, 0.2) is 0 Å². The summed E-state index contributed by atoms with van der Waals surface area (Å²) in [7, 11) is -3.12. The number of nitro groups is 1. The van der Waals surface area contributed by atoms with Crippen LogP contribution in [0.1, 0.15) is 22.7 Å². The Kier molecular flexibility index (Phi) is 5.37. The third-order valence-corrected chi connectivity index (χ3v) is 8.66. The number of anilines is 1. The van der Waals surface area contributed by atoms with Crippen LogP contribution in [0.3, 0.4) is 0 Å². The molecule has 5 rings (SSSR count). The number of hydrogen-bond acceptors (Lipinski definition) is 7. The van der Waals surface area contributed by atoms with E-state index in [9.17, 15) is 23.3 Å². The smallest absolute Gasteiger partial charge is 0.325 e. The molecule has 0 bridgehead atoms. The highest BCUT2D eigenvalue weighted by atomic mass is 32.2. The Bertz CT molecular complexity index is 1410. The van der Waals surface area contributed by atoms with Crippen molar-refractivity contribution in [3.8, 4) is 0 Å². The predicted molar refractivity (Wildman–Crippen MR) is 128 cm³/mol. The number of carbonyl (C=O) groups is 1. The average molecular weight is 494 g/mol. The number of methoxy groups -OCH3 is 1. The van der Waals surface area contributed by atoms with Crippen molar-refractivity contribution in [2.45, 2.75) is 35.5 Å². The van der Waals surface area contributed by atoms with Crippen molar-refractivity contribution in [3.05, 3.63) is 106 Å². The maximum Gasteiger partial charge on any atom is 0.325 e. The van der Waals surface area contributed by atoms with E-state index in [1.807, 2.05) is 6.92 Å². The van der Waals surface area contributed by atoms with Crippen molar-refractivity contribution in [1.29, 1.82) is 0 Å². The van der Waals surface area contributed by atoms with Crippen molar-refractivity contribution in [1.82, 2.24) is 5.32 Å². The van der Waals surface area contributed by atoms with Gasteiger partial charge in [0.25, 0.3) is 15.6 Å². The van der Waals surface area contributed by atoms with Gasteiger partial charge in [0.1, 0.15) is 18.1 Å². The van der Waals surface area contributed by atoms with Crippen LogP contribution in [-0.2, 0) is 25.1 Å². The van der Waals surface area contributed by atoms with Crippen LogP contribution in [0, 0.1) is 17.0 Å². The Morgan fingerprint density at radius 3 is 2.29 bits per heavy atom. The number of para-hydroxylation sites is 1. The third kappa shape index (κ3) is 3.17. The van der Waals surface area contributed by atoms with E-state index in [0.29, 0.717) is 5.56 Å². The van der Waals surface area contributed by atoms with Crippen LogP contribution in [0.25, 0.3) is 0 Å². The van der Waals surface area contributed by atoms with Gasteiger partial charge in [0.2, 0.25) is 0 Å². The first-order valence-electron chi connectivity index (χ1n) is 11.0. The lowest BCUT2D eigenvalue weighted by atomic mass is 9.79. The van der Waals surface area contributed by atoms with Gasteiger partial charge in [-0.1, -0.05) is 60.2 Å². The number of nitrogens with zero attached hydrogens (tertiary/aromatic N) is 2. The Balaban J connectivity index is 1.82. The van der Waals surface area contributed by atoms with Crippen molar-refractivity contribution >= 4 is 21.7 Å². The van der Waals surface area contributed by atoms with Crippen LogP contribution in [-0.4, -0.2) is 38.5 Å². The Labute approximate surface area is 202 Å². The molecule has 180 valence electrons. The van der Waals surface area contributed by atoms with Crippen LogP contribution >= 0.6 is 0 Å². The molecule has 0 aliphatic carbocycles. The maximum absolute atomic E-state index is 14.0. The van der Waals surface area contributed by atoms with Gasteiger partial charge in [-0.15, -0.1) is 0 Å². The third-order valence-electron chi connectivity index (χ3n) is 6.85. The summed E-state index contributed by atoms with van der Waals surface area (Å²) in [6, 6.07) is 17.6. The van der Waals surface area contributed by atoms with E-state index < -0.39 is 44.6 Å². The SMILES string of the molecule is COC(=O)[C@H]1N[C@H](c2ccccc2)[C@]2([N+](=O)[O-])c3ccccc3N(S(=O)(=O)c3ccc(C)cc3)[C@H]12. The quantitative estimate of drug-likeness (QED) is 0.330. The van der Waals surface area contributed by atoms with E-state index >= 15 is 0 Å². The summed E-state index contributed by atoms with van der Waals surface area (Å²) >= 11 is 0. The molecule has 1 N–H and O–H groups in total. The van der Waals surface area contributed by atoms with Crippen LogP contribution in [0.2, 0.25) is 0 Å². The van der Waals surface area contributed by atoms with Crippen molar-refractivity contribution in [3.63, 3.8) is 0 Å². The number of fused-ring (bicyclic) bond motifs is 3. The topological polar surface area (TPSA) is 119 Å². The van der Waals surface area contributed by atoms with Crippen LogP contribution in [0.5, 0.6) is 0 Å². The fourth-order valence-corrected chi connectivity index (χ4v) is 7.05. The molecule has 2 aliphatic rings. The molecular weight excluding hydrogens is 470 g/mol. The molecule has 35 heavy (non-hydrogen) atoms. The van der Waals surface area contributed by atoms with E-state index in [4.69, 9.17) is 4.74 Å². The van der Waals surface area contributed by atoms with E-state index in [1.54, 1.807) is 66.7 Å². The number of nitrogens with one attached hydrogen (secondary N) is 1. The number of ether oxygens (including phenoxy) is 1. The van der Waals surface area contributed by atoms with Gasteiger partial charge >= 0.3 is 5.97 Å². The molecule has 2 heterocycles. The zero-order valence-corrected chi connectivity index (χ0v) is 19.8. The molecule has 0 aromatic heterocycles. The number of esters is 1. The monoisotopic (exact) mass is 493 g/mol. The van der Waals surface area contributed by atoms with Gasteiger partial charge in [-0.25, -0.2) is 8.42 Å². The van der Waals surface area contributed by atoms with Crippen LogP contribution in [0.4, 0.5) is 5.69 Å². The van der Waals surface area contributed by atoms with Crippen LogP contribution < -0.4 is 9.62 Å². The minimum atomic E-state index is -4.29. The van der Waals surface area contributed by atoms with Crippen molar-refractivity contribution in [2.75, 3.05) is 11.4 Å². The van der Waals surface area contributed by atoms with E-state index in [1.165, 1.54) is 19.2 Å². The molecule has 4 atom stereocenters. The first-order valence-corrected chi connectivity index (χ1v) is 12.4. The minimum Gasteiger partial charge on any atom is -0.468 e. The molecule has 0 radical (unpaired) electrons. The fourth-order valence-electron chi connectivity index (χ4n) is 5.34. The first-order chi connectivity index (χ1) is 16.7. The summed E-state index contributed by atoms with van der Waals surface area (Å²) in [5, 5.41) is 16.1. The normalized spacial score (nSPS) is 25.1. The molecule has 0 amide bonds. The van der Waals surface area contributed by atoms with Crippen molar-refractivity contribution in [2.24, 2.45) is 0 Å². The molecule has 0 unspecified atom stereocenters. The predicted octanol–water partition coefficient (Wildman–Crippen LogP) is 2.93. The number of sulfonamides is 1. The van der Waals surface area contributed by atoms with E-state index in [0.717, 1.165) is 9.87 Å². The standard InChI is InChI=1S/C25H23N3O6S/c1-16-12-14-18(15-13-16)35(32,33)27-20-11-7-6-10-19(20)25(28(30)31)22(17-8-4-3-5-9-17)26-21(23(25)27)24(29)34-2/h3-15,21-23,26H,1-2H3/t21-,22+,23+,25+/m0/s1. The average Bonchev–Trinajstić information content (AvgIpc) is 3.36. The molecule has 10 heteroatoms. The molecule has 2 aliphatic heterocycles. The molecule has 1 saturated heterocycles. The number of rotatable bonds is 5. The Hall–Kier alpha value is -3.76. The highest BCUT2D eigenvalue weighted by Crippen LogP contribution is 2.58. The van der Waals surface area contributed by atoms with Gasteiger partial charge in [0, 0.05) is 4.92 Å². The molecule has 3 aromatic carbocycles. The number of hydrogen-bond donors (Lipinski definition) is 1. The summed E-state index contributed by atoms with van der Waals surface area (Å²) in [4.78, 5) is 25.5. The summed E-state index contributed by atoms with van der Waals surface area (Å²) in [5.41, 5.74) is -0.159. The highest BCUT2D eigenvalue weighted by molar-refractivity contribution is 7.93. The zero-order valence-electron chi connectivity index (χ0n) is 19.0. The largest absolute Gasteiger partial charge is 0.468 e. The second-order valence-electron chi connectivity index (χ2n) is 8.67. The second kappa shape index (κ2) is 8.17. The molecule has 1 fully saturated rings. The number of aryl methyl sites for hydroxylation is 1. The Morgan fingerprint density at radius 2 is 1.66 bits per heavy atom. The number of benzene rings is 3. The summed E-state index contributed by atoms with van der Waals surface area (Å²) in [6.45, 7) is 1.83. The second-order valence-corrected chi connectivity index (χ2v) is 10.5. The summed E-state index contributed by atoms with van der Waals surface area (Å²) in [6.07, 6.45) is 0. The number of carbonyl (C=O) groups excluding carboxylic acids is 1. The molecular formula is C25H23N3O6S. The van der Waals surface area contributed by atoms with Crippen molar-refractivity contribution < 1.29 is 22.9 Å². The lowest BCUT2D eigenvalue weighted by Crippen LogP contribution is -2.56. The zero-order chi connectivity index (χ0) is 25.0. The molecule has 0 saturated carbocycles. The minimum absolute atomic E-state index is 0.0242. The summed E-state index contributed by atoms with van der Waals surface area (Å²) < 4.78 is 34.1. The summed E-state index contributed by atoms with van der Waals surface area (Å²) in [5.74, 6) is -0.781. The van der Waals surface area contributed by atoms with E-state index in [2.05, 4.69) is 5.32 Å². The fraction of sp³-hybridized carbons (Fsp3) is 0.240. The van der Waals surface area contributed by atoms with E-state index in [-0.39, 0.29) is 16.1 Å². The van der Waals surface area contributed by atoms with Gasteiger partial charge in [0.05, 0.1) is 23.3 Å². The lowest BCUT2D eigenvalue weighted by Gasteiger charge is -2.30. The Morgan fingerprint density at radius 1 is 1.03 bits per heavy atom. The van der Waals surface area contributed by atoms with Gasteiger partial charge in [-0.05, 0) is 36.8 Å². The van der Waals surface area contributed by atoms with Crippen LogP contribution in [0.15, 0.2) is 83.8 Å². The first kappa shape index (κ1) is 23.0. The molecule has 9 nitrogen and oxygen atoms in total. The maximum atomic E-state index is 14.0. The highest BCUT2D eigenvalue weighted by Gasteiger charge is 2.75. The van der Waals surface area contributed by atoms with Gasteiger partial charge < -0.3 is 4.74 Å². The lowest BCUT2D eigenvalue weighted by molar-refractivity contribution is -0.582. The molecule has 3 aromatic rings. The molecule has 0 spiro atoms.